The van der Waals surface area contributed by atoms with E-state index in [1.807, 2.05) is 18.2 Å². The van der Waals surface area contributed by atoms with Crippen molar-refractivity contribution in [3.8, 4) is 0 Å². The second-order valence-corrected chi connectivity index (χ2v) is 3.20. The molecule has 0 spiro atoms. The summed E-state index contributed by atoms with van der Waals surface area (Å²) in [6.45, 7) is 0.385. The zero-order chi connectivity index (χ0) is 12.7. The first-order chi connectivity index (χ1) is 8.24. The summed E-state index contributed by atoms with van der Waals surface area (Å²) < 4.78 is 9.72. The standard InChI is InChI=1S/C12H15NO4/c1-15-8-9-6-4-5-7-10(9)11(13-17-3)12(14)16-2/h4-7H,8H2,1-3H3/b13-11-. The maximum Gasteiger partial charge on any atom is 0.360 e. The van der Waals surface area contributed by atoms with Crippen molar-refractivity contribution in [3.05, 3.63) is 35.4 Å². The summed E-state index contributed by atoms with van der Waals surface area (Å²) in [6, 6.07) is 7.29. The third-order valence-corrected chi connectivity index (χ3v) is 2.13. The zero-order valence-corrected chi connectivity index (χ0v) is 10.1. The Hall–Kier alpha value is -1.88. The van der Waals surface area contributed by atoms with E-state index in [1.165, 1.54) is 14.2 Å². The summed E-state index contributed by atoms with van der Waals surface area (Å²) >= 11 is 0. The van der Waals surface area contributed by atoms with Gasteiger partial charge in [-0.05, 0) is 5.56 Å². The average Bonchev–Trinajstić information content (AvgIpc) is 2.36. The quantitative estimate of drug-likeness (QED) is 0.441. The van der Waals surface area contributed by atoms with Gasteiger partial charge in [-0.25, -0.2) is 4.79 Å². The summed E-state index contributed by atoms with van der Waals surface area (Å²) in [7, 11) is 4.26. The first kappa shape index (κ1) is 13.2. The van der Waals surface area contributed by atoms with Crippen molar-refractivity contribution in [2.45, 2.75) is 6.61 Å². The van der Waals surface area contributed by atoms with E-state index in [2.05, 4.69) is 14.7 Å². The van der Waals surface area contributed by atoms with Gasteiger partial charge >= 0.3 is 5.97 Å². The highest BCUT2D eigenvalue weighted by atomic mass is 16.6. The van der Waals surface area contributed by atoms with E-state index in [0.717, 1.165) is 5.56 Å². The molecular weight excluding hydrogens is 222 g/mol. The van der Waals surface area contributed by atoms with Gasteiger partial charge in [0, 0.05) is 12.7 Å². The van der Waals surface area contributed by atoms with Crippen LogP contribution in [0.5, 0.6) is 0 Å². The predicted octanol–water partition coefficient (Wildman–Crippen LogP) is 1.36. The largest absolute Gasteiger partial charge is 0.464 e. The van der Waals surface area contributed by atoms with Crippen LogP contribution in [0.3, 0.4) is 0 Å². The fourth-order valence-corrected chi connectivity index (χ4v) is 1.42. The Bertz CT molecular complexity index is 415. The van der Waals surface area contributed by atoms with Gasteiger partial charge < -0.3 is 14.3 Å². The molecule has 0 heterocycles. The first-order valence-corrected chi connectivity index (χ1v) is 5.01. The molecule has 0 unspecified atom stereocenters. The van der Waals surface area contributed by atoms with Crippen molar-refractivity contribution < 1.29 is 19.1 Å². The first-order valence-electron chi connectivity index (χ1n) is 5.01. The van der Waals surface area contributed by atoms with E-state index in [4.69, 9.17) is 4.74 Å². The lowest BCUT2D eigenvalue weighted by molar-refractivity contribution is -0.132. The van der Waals surface area contributed by atoms with E-state index in [1.54, 1.807) is 13.2 Å². The maximum atomic E-state index is 11.6. The summed E-state index contributed by atoms with van der Waals surface area (Å²) in [5, 5.41) is 3.69. The highest BCUT2D eigenvalue weighted by molar-refractivity contribution is 6.43. The van der Waals surface area contributed by atoms with Gasteiger partial charge in [0.1, 0.15) is 7.11 Å². The minimum Gasteiger partial charge on any atom is -0.464 e. The Morgan fingerprint density at radius 2 is 1.94 bits per heavy atom. The van der Waals surface area contributed by atoms with Gasteiger partial charge in [0.05, 0.1) is 13.7 Å². The lowest BCUT2D eigenvalue weighted by Gasteiger charge is -2.09. The molecule has 0 saturated carbocycles. The molecule has 0 fully saturated rings. The predicted molar refractivity (Wildman–Crippen MR) is 62.7 cm³/mol. The lowest BCUT2D eigenvalue weighted by Crippen LogP contribution is -2.19. The molecule has 0 aliphatic heterocycles. The number of esters is 1. The monoisotopic (exact) mass is 237 g/mol. The molecule has 17 heavy (non-hydrogen) atoms. The van der Waals surface area contributed by atoms with Crippen LogP contribution >= 0.6 is 0 Å². The Labute approximate surface area is 100.0 Å². The minimum absolute atomic E-state index is 0.127. The number of ether oxygens (including phenoxy) is 2. The van der Waals surface area contributed by atoms with Gasteiger partial charge in [0.25, 0.3) is 0 Å². The molecule has 0 aliphatic carbocycles. The summed E-state index contributed by atoms with van der Waals surface area (Å²) in [5.74, 6) is -0.546. The summed E-state index contributed by atoms with van der Waals surface area (Å²) in [4.78, 5) is 16.2. The van der Waals surface area contributed by atoms with Crippen LogP contribution in [0.25, 0.3) is 0 Å². The maximum absolute atomic E-state index is 11.6. The van der Waals surface area contributed by atoms with Crippen molar-refractivity contribution in [1.29, 1.82) is 0 Å². The molecule has 0 atom stereocenters. The second-order valence-electron chi connectivity index (χ2n) is 3.20. The van der Waals surface area contributed by atoms with Gasteiger partial charge in [-0.3, -0.25) is 0 Å². The van der Waals surface area contributed by atoms with Crippen LogP contribution < -0.4 is 0 Å². The van der Waals surface area contributed by atoms with Crippen LogP contribution in [-0.2, 0) is 25.7 Å². The van der Waals surface area contributed by atoms with E-state index in [-0.39, 0.29) is 5.71 Å². The number of hydrogen-bond acceptors (Lipinski definition) is 5. The molecule has 0 amide bonds. The zero-order valence-electron chi connectivity index (χ0n) is 10.1. The smallest absolute Gasteiger partial charge is 0.360 e. The molecule has 92 valence electrons. The molecule has 0 aromatic heterocycles. The van der Waals surface area contributed by atoms with E-state index < -0.39 is 5.97 Å². The topological polar surface area (TPSA) is 57.1 Å². The number of oxime groups is 1. The van der Waals surface area contributed by atoms with Crippen LogP contribution in [0.2, 0.25) is 0 Å². The third kappa shape index (κ3) is 3.29. The molecule has 5 nitrogen and oxygen atoms in total. The fraction of sp³-hybridized carbons (Fsp3) is 0.333. The molecule has 1 rings (SSSR count). The Morgan fingerprint density at radius 3 is 2.53 bits per heavy atom. The highest BCUT2D eigenvalue weighted by Crippen LogP contribution is 2.12. The number of carbonyl (C=O) groups excluding carboxylic acids is 1. The van der Waals surface area contributed by atoms with Gasteiger partial charge in [-0.1, -0.05) is 29.4 Å². The average molecular weight is 237 g/mol. The highest BCUT2D eigenvalue weighted by Gasteiger charge is 2.18. The lowest BCUT2D eigenvalue weighted by atomic mass is 10.0. The van der Waals surface area contributed by atoms with Crippen LogP contribution in [0.4, 0.5) is 0 Å². The molecule has 0 radical (unpaired) electrons. The molecule has 0 saturated heterocycles. The molecule has 0 bridgehead atoms. The van der Waals surface area contributed by atoms with Gasteiger partial charge in [-0.15, -0.1) is 0 Å². The molecule has 0 aliphatic rings. The Morgan fingerprint density at radius 1 is 1.24 bits per heavy atom. The Kier molecular flexibility index (Phi) is 5.16. The second kappa shape index (κ2) is 6.65. The number of nitrogens with zero attached hydrogens (tertiary/aromatic N) is 1. The van der Waals surface area contributed by atoms with Crippen molar-refractivity contribution >= 4 is 11.7 Å². The number of benzene rings is 1. The van der Waals surface area contributed by atoms with Crippen LogP contribution in [0.1, 0.15) is 11.1 Å². The third-order valence-electron chi connectivity index (χ3n) is 2.13. The van der Waals surface area contributed by atoms with Crippen molar-refractivity contribution in [1.82, 2.24) is 0 Å². The van der Waals surface area contributed by atoms with Crippen LogP contribution in [-0.4, -0.2) is 33.0 Å². The molecule has 5 heteroatoms. The molecular formula is C12H15NO4. The normalized spacial score (nSPS) is 11.1. The van der Waals surface area contributed by atoms with Gasteiger partial charge in [0.2, 0.25) is 0 Å². The van der Waals surface area contributed by atoms with Gasteiger partial charge in [0.15, 0.2) is 5.71 Å². The van der Waals surface area contributed by atoms with Crippen molar-refractivity contribution in [2.75, 3.05) is 21.3 Å². The Balaban J connectivity index is 3.18. The molecule has 0 N–H and O–H groups in total. The van der Waals surface area contributed by atoms with Crippen molar-refractivity contribution in [3.63, 3.8) is 0 Å². The number of rotatable bonds is 5. The van der Waals surface area contributed by atoms with Gasteiger partial charge in [-0.2, -0.15) is 0 Å². The van der Waals surface area contributed by atoms with Crippen LogP contribution in [0.15, 0.2) is 29.4 Å². The number of methoxy groups -OCH3 is 2. The number of hydrogen-bond donors (Lipinski definition) is 0. The summed E-state index contributed by atoms with van der Waals surface area (Å²) in [6.07, 6.45) is 0. The minimum atomic E-state index is -0.546. The van der Waals surface area contributed by atoms with Crippen molar-refractivity contribution in [2.24, 2.45) is 5.16 Å². The number of carbonyl (C=O) groups is 1. The van der Waals surface area contributed by atoms with E-state index in [9.17, 15) is 4.79 Å². The van der Waals surface area contributed by atoms with Crippen LogP contribution in [0, 0.1) is 0 Å². The SMILES string of the molecule is COCc1ccccc1/C(=N/OC)C(=O)OC. The van der Waals surface area contributed by atoms with E-state index in [0.29, 0.717) is 12.2 Å². The van der Waals surface area contributed by atoms with E-state index >= 15 is 0 Å². The fourth-order valence-electron chi connectivity index (χ4n) is 1.42. The summed E-state index contributed by atoms with van der Waals surface area (Å²) in [5.41, 5.74) is 1.61. The molecule has 1 aromatic rings. The molecule has 1 aromatic carbocycles.